The van der Waals surface area contributed by atoms with E-state index in [9.17, 15) is 18.0 Å². The second-order valence-corrected chi connectivity index (χ2v) is 9.44. The standard InChI is InChI=1S/C22H28N4O6S/c1-16(27)23-17-4-9-21(32-3)20(14-17)24-22(28)15-25-10-12-26(13-11-25)33(29,30)19-7-5-18(31-2)6-8-19/h4-9,14H,10-13,15H2,1-3H3,(H,23,27)(H,24,28). The van der Waals surface area contributed by atoms with Crippen LogP contribution in [-0.2, 0) is 19.6 Å². The largest absolute Gasteiger partial charge is 0.497 e. The van der Waals surface area contributed by atoms with Crippen molar-refractivity contribution in [1.29, 1.82) is 0 Å². The van der Waals surface area contributed by atoms with Crippen LogP contribution in [0.15, 0.2) is 47.4 Å². The van der Waals surface area contributed by atoms with Crippen molar-refractivity contribution in [1.82, 2.24) is 9.21 Å². The summed E-state index contributed by atoms with van der Waals surface area (Å²) in [6.07, 6.45) is 0. The summed E-state index contributed by atoms with van der Waals surface area (Å²) < 4.78 is 37.5. The highest BCUT2D eigenvalue weighted by atomic mass is 32.2. The molecule has 0 unspecified atom stereocenters. The molecule has 178 valence electrons. The van der Waals surface area contributed by atoms with E-state index >= 15 is 0 Å². The van der Waals surface area contributed by atoms with Gasteiger partial charge in [-0.15, -0.1) is 0 Å². The molecule has 0 aliphatic carbocycles. The molecule has 0 saturated carbocycles. The molecule has 1 aliphatic rings. The second-order valence-electron chi connectivity index (χ2n) is 7.50. The zero-order valence-corrected chi connectivity index (χ0v) is 19.6. The molecule has 11 heteroatoms. The van der Waals surface area contributed by atoms with Gasteiger partial charge in [-0.25, -0.2) is 8.42 Å². The van der Waals surface area contributed by atoms with Crippen molar-refractivity contribution in [3.05, 3.63) is 42.5 Å². The maximum absolute atomic E-state index is 12.9. The number of hydrogen-bond acceptors (Lipinski definition) is 7. The lowest BCUT2D eigenvalue weighted by molar-refractivity contribution is -0.117. The van der Waals surface area contributed by atoms with Crippen LogP contribution in [0, 0.1) is 0 Å². The van der Waals surface area contributed by atoms with Gasteiger partial charge in [0.2, 0.25) is 21.8 Å². The van der Waals surface area contributed by atoms with Crippen LogP contribution in [0.1, 0.15) is 6.92 Å². The molecule has 0 atom stereocenters. The Morgan fingerprint density at radius 3 is 2.18 bits per heavy atom. The van der Waals surface area contributed by atoms with Gasteiger partial charge in [0.25, 0.3) is 0 Å². The van der Waals surface area contributed by atoms with E-state index in [1.54, 1.807) is 30.3 Å². The molecule has 1 aliphatic heterocycles. The minimum atomic E-state index is -3.61. The van der Waals surface area contributed by atoms with E-state index in [-0.39, 0.29) is 36.3 Å². The molecule has 3 rings (SSSR count). The molecule has 0 radical (unpaired) electrons. The highest BCUT2D eigenvalue weighted by molar-refractivity contribution is 7.89. The summed E-state index contributed by atoms with van der Waals surface area (Å²) in [6.45, 7) is 2.91. The molecular formula is C22H28N4O6S. The molecule has 0 spiro atoms. The number of nitrogens with one attached hydrogen (secondary N) is 2. The molecule has 0 bridgehead atoms. The quantitative estimate of drug-likeness (QED) is 0.594. The van der Waals surface area contributed by atoms with Crippen molar-refractivity contribution in [2.75, 3.05) is 57.6 Å². The highest BCUT2D eigenvalue weighted by Crippen LogP contribution is 2.28. The maximum atomic E-state index is 12.9. The predicted molar refractivity (Wildman–Crippen MR) is 124 cm³/mol. The van der Waals surface area contributed by atoms with Gasteiger partial charge in [0.1, 0.15) is 11.5 Å². The number of anilines is 2. The number of rotatable bonds is 8. The number of methoxy groups -OCH3 is 2. The van der Waals surface area contributed by atoms with Crippen molar-refractivity contribution in [3.63, 3.8) is 0 Å². The molecule has 2 aromatic carbocycles. The van der Waals surface area contributed by atoms with Crippen molar-refractivity contribution >= 4 is 33.2 Å². The Morgan fingerprint density at radius 1 is 0.939 bits per heavy atom. The van der Waals surface area contributed by atoms with Gasteiger partial charge in [0, 0.05) is 38.8 Å². The van der Waals surface area contributed by atoms with Crippen LogP contribution in [0.25, 0.3) is 0 Å². The third kappa shape index (κ3) is 6.21. The van der Waals surface area contributed by atoms with Crippen LogP contribution in [0.2, 0.25) is 0 Å². The number of benzene rings is 2. The average molecular weight is 477 g/mol. The Kier molecular flexibility index (Phi) is 7.90. The number of nitrogens with zero attached hydrogens (tertiary/aromatic N) is 2. The third-order valence-corrected chi connectivity index (χ3v) is 7.10. The number of piperazine rings is 1. The van der Waals surface area contributed by atoms with Crippen LogP contribution in [0.5, 0.6) is 11.5 Å². The van der Waals surface area contributed by atoms with Crippen LogP contribution in [0.4, 0.5) is 11.4 Å². The molecule has 33 heavy (non-hydrogen) atoms. The van der Waals surface area contributed by atoms with Gasteiger partial charge >= 0.3 is 0 Å². The van der Waals surface area contributed by atoms with Crippen molar-refractivity contribution in [2.24, 2.45) is 0 Å². The predicted octanol–water partition coefficient (Wildman–Crippen LogP) is 1.61. The highest BCUT2D eigenvalue weighted by Gasteiger charge is 2.29. The van der Waals surface area contributed by atoms with Crippen LogP contribution in [0.3, 0.4) is 0 Å². The molecule has 1 heterocycles. The lowest BCUT2D eigenvalue weighted by Gasteiger charge is -2.33. The first-order valence-electron chi connectivity index (χ1n) is 10.3. The van der Waals surface area contributed by atoms with E-state index in [1.165, 1.54) is 37.6 Å². The number of hydrogen-bond donors (Lipinski definition) is 2. The van der Waals surface area contributed by atoms with E-state index in [0.29, 0.717) is 36.0 Å². The van der Waals surface area contributed by atoms with Gasteiger partial charge in [-0.2, -0.15) is 4.31 Å². The normalized spacial score (nSPS) is 15.0. The van der Waals surface area contributed by atoms with Crippen molar-refractivity contribution in [3.8, 4) is 11.5 Å². The summed E-state index contributed by atoms with van der Waals surface area (Å²) in [5.41, 5.74) is 0.977. The molecule has 2 N–H and O–H groups in total. The fraction of sp³-hybridized carbons (Fsp3) is 0.364. The van der Waals surface area contributed by atoms with Gasteiger partial charge < -0.3 is 20.1 Å². The minimum absolute atomic E-state index is 0.101. The van der Waals surface area contributed by atoms with Gasteiger partial charge in [-0.05, 0) is 42.5 Å². The van der Waals surface area contributed by atoms with E-state index in [2.05, 4.69) is 10.6 Å². The maximum Gasteiger partial charge on any atom is 0.243 e. The number of carbonyl (C=O) groups is 2. The number of carbonyl (C=O) groups excluding carboxylic acids is 2. The fourth-order valence-electron chi connectivity index (χ4n) is 3.50. The van der Waals surface area contributed by atoms with Gasteiger partial charge in [0.15, 0.2) is 0 Å². The summed E-state index contributed by atoms with van der Waals surface area (Å²) in [5.74, 6) is 0.566. The van der Waals surface area contributed by atoms with Crippen molar-refractivity contribution < 1.29 is 27.5 Å². The molecule has 10 nitrogen and oxygen atoms in total. The minimum Gasteiger partial charge on any atom is -0.497 e. The summed E-state index contributed by atoms with van der Waals surface area (Å²) in [6, 6.07) is 11.2. The Morgan fingerprint density at radius 2 is 1.61 bits per heavy atom. The zero-order chi connectivity index (χ0) is 24.0. The summed E-state index contributed by atoms with van der Waals surface area (Å²) in [5, 5.41) is 5.46. The average Bonchev–Trinajstić information content (AvgIpc) is 2.79. The van der Waals surface area contributed by atoms with E-state index < -0.39 is 10.0 Å². The smallest absolute Gasteiger partial charge is 0.243 e. The van der Waals surface area contributed by atoms with Crippen molar-refractivity contribution in [2.45, 2.75) is 11.8 Å². The van der Waals surface area contributed by atoms with Crippen LogP contribution in [-0.4, -0.2) is 76.4 Å². The molecule has 1 fully saturated rings. The van der Waals surface area contributed by atoms with Gasteiger partial charge in [0.05, 0.1) is 31.3 Å². The molecule has 2 aromatic rings. The fourth-order valence-corrected chi connectivity index (χ4v) is 4.93. The SMILES string of the molecule is COc1ccc(S(=O)(=O)N2CCN(CC(=O)Nc3cc(NC(C)=O)ccc3OC)CC2)cc1. The van der Waals surface area contributed by atoms with E-state index in [1.807, 2.05) is 4.90 Å². The lowest BCUT2D eigenvalue weighted by atomic mass is 10.2. The van der Waals surface area contributed by atoms with Gasteiger partial charge in [-0.1, -0.05) is 0 Å². The number of ether oxygens (including phenoxy) is 2. The topological polar surface area (TPSA) is 117 Å². The van der Waals surface area contributed by atoms with Gasteiger partial charge in [-0.3, -0.25) is 14.5 Å². The Bertz CT molecular complexity index is 1100. The molecule has 2 amide bonds. The molecule has 1 saturated heterocycles. The second kappa shape index (κ2) is 10.6. The first-order valence-corrected chi connectivity index (χ1v) is 11.8. The molecular weight excluding hydrogens is 448 g/mol. The first kappa shape index (κ1) is 24.5. The molecule has 0 aromatic heterocycles. The zero-order valence-electron chi connectivity index (χ0n) is 18.8. The third-order valence-electron chi connectivity index (χ3n) is 5.19. The number of sulfonamides is 1. The Balaban J connectivity index is 1.57. The Labute approximate surface area is 193 Å². The van der Waals surface area contributed by atoms with E-state index in [4.69, 9.17) is 9.47 Å². The lowest BCUT2D eigenvalue weighted by Crippen LogP contribution is -2.50. The summed E-state index contributed by atoms with van der Waals surface area (Å²) >= 11 is 0. The number of amides is 2. The van der Waals surface area contributed by atoms with E-state index in [0.717, 1.165) is 0 Å². The van der Waals surface area contributed by atoms with Crippen LogP contribution >= 0.6 is 0 Å². The summed E-state index contributed by atoms with van der Waals surface area (Å²) in [7, 11) is -0.598. The van der Waals surface area contributed by atoms with Crippen LogP contribution < -0.4 is 20.1 Å². The monoisotopic (exact) mass is 476 g/mol. The Hall–Kier alpha value is -3.15. The first-order chi connectivity index (χ1) is 15.7. The summed E-state index contributed by atoms with van der Waals surface area (Å²) in [4.78, 5) is 26.0.